The van der Waals surface area contributed by atoms with Crippen molar-refractivity contribution in [2.75, 3.05) is 0 Å². The minimum Gasteiger partial charge on any atom is -0.388 e. The van der Waals surface area contributed by atoms with Gasteiger partial charge in [-0.1, -0.05) is 30.3 Å². The zero-order valence-electron chi connectivity index (χ0n) is 10.0. The first kappa shape index (κ1) is 13.2. The summed E-state index contributed by atoms with van der Waals surface area (Å²) in [6.07, 6.45) is -0.0902. The van der Waals surface area contributed by atoms with Crippen LogP contribution < -0.4 is 0 Å². The number of aliphatic hydroxyl groups excluding tert-OH is 1. The molecule has 0 saturated carbocycles. The van der Waals surface area contributed by atoms with Crippen LogP contribution in [0.2, 0.25) is 0 Å². The van der Waals surface area contributed by atoms with Crippen LogP contribution in [-0.2, 0) is 6.42 Å². The molecule has 2 aromatic carbocycles. The van der Waals surface area contributed by atoms with Gasteiger partial charge in [-0.25, -0.2) is 4.39 Å². The molecule has 2 rings (SSSR count). The van der Waals surface area contributed by atoms with Crippen LogP contribution in [-0.4, -0.2) is 5.11 Å². The van der Waals surface area contributed by atoms with Crippen molar-refractivity contribution < 1.29 is 9.50 Å². The minimum atomic E-state index is -0.566. The Kier molecular flexibility index (Phi) is 4.15. The summed E-state index contributed by atoms with van der Waals surface area (Å²) in [4.78, 5) is 0. The first-order chi connectivity index (χ1) is 8.58. The average Bonchev–Trinajstić information content (AvgIpc) is 2.34. The third kappa shape index (κ3) is 2.98. The molecule has 0 saturated heterocycles. The Bertz CT molecular complexity index is 554. The van der Waals surface area contributed by atoms with E-state index in [9.17, 15) is 9.50 Å². The van der Waals surface area contributed by atoms with Crippen molar-refractivity contribution in [2.45, 2.75) is 19.4 Å². The normalized spacial score (nSPS) is 12.4. The van der Waals surface area contributed by atoms with Gasteiger partial charge in [0.05, 0.1) is 10.6 Å². The first-order valence-electron chi connectivity index (χ1n) is 5.75. The zero-order chi connectivity index (χ0) is 13.1. The lowest BCUT2D eigenvalue weighted by Crippen LogP contribution is -2.03. The Morgan fingerprint density at radius 2 is 1.94 bits per heavy atom. The smallest absolute Gasteiger partial charge is 0.137 e. The highest BCUT2D eigenvalue weighted by Gasteiger charge is 2.11. The van der Waals surface area contributed by atoms with Crippen molar-refractivity contribution in [3.8, 4) is 0 Å². The molecule has 0 aliphatic carbocycles. The highest BCUT2D eigenvalue weighted by Crippen LogP contribution is 2.24. The van der Waals surface area contributed by atoms with E-state index in [1.54, 1.807) is 12.1 Å². The van der Waals surface area contributed by atoms with Gasteiger partial charge in [-0.2, -0.15) is 0 Å². The number of rotatable bonds is 3. The fraction of sp³-hybridized carbons (Fsp3) is 0.200. The van der Waals surface area contributed by atoms with Crippen molar-refractivity contribution >= 4 is 15.9 Å². The lowest BCUT2D eigenvalue weighted by molar-refractivity contribution is 0.177. The fourth-order valence-corrected chi connectivity index (χ4v) is 2.39. The predicted molar refractivity (Wildman–Crippen MR) is 73.9 cm³/mol. The molecule has 0 heterocycles. The molecule has 0 aliphatic heterocycles. The molecule has 0 aromatic heterocycles. The predicted octanol–water partition coefficient (Wildman–Crippen LogP) is 4.17. The summed E-state index contributed by atoms with van der Waals surface area (Å²) in [5, 5.41) is 10.2. The van der Waals surface area contributed by atoms with E-state index in [1.807, 2.05) is 31.2 Å². The van der Waals surface area contributed by atoms with Crippen LogP contribution in [0, 0.1) is 12.7 Å². The maximum Gasteiger partial charge on any atom is 0.137 e. The summed E-state index contributed by atoms with van der Waals surface area (Å²) in [5.74, 6) is -0.288. The highest BCUT2D eigenvalue weighted by atomic mass is 79.9. The summed E-state index contributed by atoms with van der Waals surface area (Å²) in [5.41, 5.74) is 2.88. The molecule has 94 valence electrons. The van der Waals surface area contributed by atoms with Gasteiger partial charge in [-0.05, 0) is 51.7 Å². The molecule has 0 aliphatic rings. The van der Waals surface area contributed by atoms with Gasteiger partial charge in [0, 0.05) is 6.42 Å². The summed E-state index contributed by atoms with van der Waals surface area (Å²) >= 11 is 3.15. The standard InChI is InChI=1S/C15H14BrFO/c1-10-4-2-3-5-12(10)15(18)9-11-6-7-14(17)13(16)8-11/h2-8,15,18H,9H2,1H3. The molecule has 3 heteroatoms. The Morgan fingerprint density at radius 3 is 2.61 bits per heavy atom. The van der Waals surface area contributed by atoms with Crippen LogP contribution in [0.3, 0.4) is 0 Å². The van der Waals surface area contributed by atoms with Gasteiger partial charge in [-0.3, -0.25) is 0 Å². The number of halogens is 2. The minimum absolute atomic E-state index is 0.288. The van der Waals surface area contributed by atoms with Crippen LogP contribution >= 0.6 is 15.9 Å². The van der Waals surface area contributed by atoms with E-state index in [0.29, 0.717) is 10.9 Å². The van der Waals surface area contributed by atoms with Gasteiger partial charge in [0.2, 0.25) is 0 Å². The highest BCUT2D eigenvalue weighted by molar-refractivity contribution is 9.10. The molecule has 0 bridgehead atoms. The Hall–Kier alpha value is -1.19. The molecule has 1 N–H and O–H groups in total. The van der Waals surface area contributed by atoms with E-state index in [2.05, 4.69) is 15.9 Å². The molecule has 1 unspecified atom stereocenters. The van der Waals surface area contributed by atoms with Gasteiger partial charge in [-0.15, -0.1) is 0 Å². The van der Waals surface area contributed by atoms with Crippen molar-refractivity contribution in [3.63, 3.8) is 0 Å². The maximum absolute atomic E-state index is 13.1. The van der Waals surface area contributed by atoms with Crippen molar-refractivity contribution in [3.05, 3.63) is 69.4 Å². The molecule has 0 fully saturated rings. The largest absolute Gasteiger partial charge is 0.388 e. The summed E-state index contributed by atoms with van der Waals surface area (Å²) in [7, 11) is 0. The monoisotopic (exact) mass is 308 g/mol. The van der Waals surface area contributed by atoms with Gasteiger partial charge in [0.1, 0.15) is 5.82 Å². The van der Waals surface area contributed by atoms with E-state index in [1.165, 1.54) is 6.07 Å². The van der Waals surface area contributed by atoms with E-state index >= 15 is 0 Å². The van der Waals surface area contributed by atoms with E-state index in [-0.39, 0.29) is 5.82 Å². The van der Waals surface area contributed by atoms with E-state index < -0.39 is 6.10 Å². The second kappa shape index (κ2) is 5.63. The number of aliphatic hydroxyl groups is 1. The SMILES string of the molecule is Cc1ccccc1C(O)Cc1ccc(F)c(Br)c1. The second-order valence-electron chi connectivity index (χ2n) is 4.32. The summed E-state index contributed by atoms with van der Waals surface area (Å²) < 4.78 is 13.5. The van der Waals surface area contributed by atoms with E-state index in [0.717, 1.165) is 16.7 Å². The van der Waals surface area contributed by atoms with Gasteiger partial charge in [0.15, 0.2) is 0 Å². The quantitative estimate of drug-likeness (QED) is 0.902. The zero-order valence-corrected chi connectivity index (χ0v) is 11.6. The van der Waals surface area contributed by atoms with Crippen molar-refractivity contribution in [2.24, 2.45) is 0 Å². The second-order valence-corrected chi connectivity index (χ2v) is 5.18. The molecular formula is C15H14BrFO. The molecule has 0 spiro atoms. The van der Waals surface area contributed by atoms with Crippen LogP contribution in [0.25, 0.3) is 0 Å². The lowest BCUT2D eigenvalue weighted by atomic mass is 9.98. The number of benzene rings is 2. The van der Waals surface area contributed by atoms with Crippen molar-refractivity contribution in [1.82, 2.24) is 0 Å². The van der Waals surface area contributed by atoms with E-state index in [4.69, 9.17) is 0 Å². The lowest BCUT2D eigenvalue weighted by Gasteiger charge is -2.14. The Morgan fingerprint density at radius 1 is 1.22 bits per heavy atom. The third-order valence-electron chi connectivity index (χ3n) is 2.96. The molecule has 1 atom stereocenters. The van der Waals surface area contributed by atoms with Crippen LogP contribution in [0.15, 0.2) is 46.9 Å². The average molecular weight is 309 g/mol. The van der Waals surface area contributed by atoms with Crippen LogP contribution in [0.4, 0.5) is 4.39 Å². The Labute approximate surface area is 114 Å². The van der Waals surface area contributed by atoms with Crippen LogP contribution in [0.1, 0.15) is 22.8 Å². The summed E-state index contributed by atoms with van der Waals surface area (Å²) in [6.45, 7) is 1.97. The fourth-order valence-electron chi connectivity index (χ4n) is 1.96. The van der Waals surface area contributed by atoms with Gasteiger partial charge >= 0.3 is 0 Å². The first-order valence-corrected chi connectivity index (χ1v) is 6.55. The molecule has 18 heavy (non-hydrogen) atoms. The maximum atomic E-state index is 13.1. The molecule has 0 amide bonds. The molecule has 2 aromatic rings. The van der Waals surface area contributed by atoms with Gasteiger partial charge in [0.25, 0.3) is 0 Å². The molecular weight excluding hydrogens is 295 g/mol. The summed E-state index contributed by atoms with van der Waals surface area (Å²) in [6, 6.07) is 12.5. The Balaban J connectivity index is 2.19. The molecule has 1 nitrogen and oxygen atoms in total. The number of aryl methyl sites for hydroxylation is 1. The topological polar surface area (TPSA) is 20.2 Å². The number of hydrogen-bond donors (Lipinski definition) is 1. The molecule has 0 radical (unpaired) electrons. The third-order valence-corrected chi connectivity index (χ3v) is 3.57. The van der Waals surface area contributed by atoms with Crippen molar-refractivity contribution in [1.29, 1.82) is 0 Å². The number of hydrogen-bond acceptors (Lipinski definition) is 1. The van der Waals surface area contributed by atoms with Gasteiger partial charge < -0.3 is 5.11 Å². The van der Waals surface area contributed by atoms with Crippen LogP contribution in [0.5, 0.6) is 0 Å².